The number of carbonyl (C=O) groups is 1. The number of urea groups is 1. The van der Waals surface area contributed by atoms with E-state index in [1.165, 1.54) is 5.56 Å². The number of anilines is 1. The normalized spacial score (nSPS) is 16.5. The van der Waals surface area contributed by atoms with Crippen LogP contribution in [0.1, 0.15) is 22.9 Å². The third kappa shape index (κ3) is 3.32. The summed E-state index contributed by atoms with van der Waals surface area (Å²) in [5, 5.41) is 12.8. The van der Waals surface area contributed by atoms with Crippen LogP contribution in [0, 0.1) is 0 Å². The third-order valence-corrected chi connectivity index (χ3v) is 4.73. The first-order valence-electron chi connectivity index (χ1n) is 8.44. The van der Waals surface area contributed by atoms with E-state index in [-0.39, 0.29) is 18.7 Å². The Hall–Kier alpha value is -2.54. The van der Waals surface area contributed by atoms with Crippen LogP contribution in [0.3, 0.4) is 0 Å². The van der Waals surface area contributed by atoms with E-state index in [9.17, 15) is 9.90 Å². The van der Waals surface area contributed by atoms with Crippen LogP contribution in [0.25, 0.3) is 0 Å². The highest BCUT2D eigenvalue weighted by Gasteiger charge is 2.30. The summed E-state index contributed by atoms with van der Waals surface area (Å²) in [7, 11) is 5.79. The maximum atomic E-state index is 12.7. The van der Waals surface area contributed by atoms with Gasteiger partial charge in [0.15, 0.2) is 0 Å². The minimum atomic E-state index is -0.297. The molecule has 3 rings (SSSR count). The second kappa shape index (κ2) is 7.14. The smallest absolute Gasteiger partial charge is 0.318 e. The Kier molecular flexibility index (Phi) is 4.94. The summed E-state index contributed by atoms with van der Waals surface area (Å²) in [5.74, 6) is 0.837. The van der Waals surface area contributed by atoms with Gasteiger partial charge in [-0.1, -0.05) is 24.3 Å². The zero-order valence-corrected chi connectivity index (χ0v) is 14.9. The molecule has 1 aliphatic rings. The fraction of sp³-hybridized carbons (Fsp3) is 0.444. The van der Waals surface area contributed by atoms with Crippen molar-refractivity contribution in [1.82, 2.24) is 19.8 Å². The highest BCUT2D eigenvalue weighted by molar-refractivity contribution is 5.75. The zero-order chi connectivity index (χ0) is 18.0. The van der Waals surface area contributed by atoms with Crippen LogP contribution in [0.5, 0.6) is 0 Å². The van der Waals surface area contributed by atoms with Crippen LogP contribution in [0.15, 0.2) is 30.5 Å². The first kappa shape index (κ1) is 17.3. The van der Waals surface area contributed by atoms with E-state index in [0.29, 0.717) is 13.1 Å². The quantitative estimate of drug-likeness (QED) is 0.877. The largest absolute Gasteiger partial charge is 0.394 e. The van der Waals surface area contributed by atoms with Gasteiger partial charge in [-0.15, -0.1) is 0 Å². The lowest BCUT2D eigenvalue weighted by Gasteiger charge is -2.36. The monoisotopic (exact) mass is 343 g/mol. The summed E-state index contributed by atoms with van der Waals surface area (Å²) < 4.78 is 1.95. The van der Waals surface area contributed by atoms with Gasteiger partial charge in [0.25, 0.3) is 0 Å². The maximum Gasteiger partial charge on any atom is 0.318 e. The number of fused-ring (bicyclic) bond motifs is 1. The van der Waals surface area contributed by atoms with Gasteiger partial charge in [0, 0.05) is 27.7 Å². The lowest BCUT2D eigenvalue weighted by atomic mass is 9.93. The highest BCUT2D eigenvalue weighted by Crippen LogP contribution is 2.29. The molecule has 1 atom stereocenters. The van der Waals surface area contributed by atoms with Gasteiger partial charge in [-0.25, -0.2) is 9.78 Å². The Labute approximate surface area is 147 Å². The molecule has 0 radical (unpaired) electrons. The second-order valence-electron chi connectivity index (χ2n) is 6.50. The molecule has 7 nitrogen and oxygen atoms in total. The number of nitrogens with zero attached hydrogens (tertiary/aromatic N) is 4. The fourth-order valence-electron chi connectivity index (χ4n) is 3.37. The van der Waals surface area contributed by atoms with E-state index in [2.05, 4.69) is 16.4 Å². The van der Waals surface area contributed by atoms with Crippen LogP contribution in [-0.2, 0) is 20.0 Å². The summed E-state index contributed by atoms with van der Waals surface area (Å²) >= 11 is 0. The Bertz CT molecular complexity index is 756. The minimum Gasteiger partial charge on any atom is -0.394 e. The van der Waals surface area contributed by atoms with E-state index in [1.807, 2.05) is 48.8 Å². The number of aromatic nitrogens is 2. The molecule has 0 bridgehead atoms. The molecule has 1 aromatic heterocycles. The number of amides is 2. The molecule has 0 saturated carbocycles. The number of hydrogen-bond donors (Lipinski definition) is 2. The van der Waals surface area contributed by atoms with Gasteiger partial charge in [0.05, 0.1) is 31.1 Å². The zero-order valence-electron chi connectivity index (χ0n) is 14.9. The van der Waals surface area contributed by atoms with E-state index in [0.717, 1.165) is 23.6 Å². The predicted octanol–water partition coefficient (Wildman–Crippen LogP) is 1.29. The Balaban J connectivity index is 1.69. The van der Waals surface area contributed by atoms with Crippen LogP contribution in [-0.4, -0.2) is 52.8 Å². The molecule has 2 aromatic rings. The summed E-state index contributed by atoms with van der Waals surface area (Å²) in [4.78, 5) is 20.7. The molecular formula is C18H25N5O2. The van der Waals surface area contributed by atoms with Crippen molar-refractivity contribution >= 4 is 12.0 Å². The first-order valence-corrected chi connectivity index (χ1v) is 8.44. The van der Waals surface area contributed by atoms with Gasteiger partial charge in [-0.05, 0) is 17.5 Å². The van der Waals surface area contributed by atoms with Crippen LogP contribution in [0.4, 0.5) is 10.7 Å². The van der Waals surface area contributed by atoms with Crippen molar-refractivity contribution in [3.8, 4) is 0 Å². The van der Waals surface area contributed by atoms with Crippen molar-refractivity contribution < 1.29 is 9.90 Å². The fourth-order valence-corrected chi connectivity index (χ4v) is 3.37. The van der Waals surface area contributed by atoms with Crippen molar-refractivity contribution in [3.05, 3.63) is 47.3 Å². The Morgan fingerprint density at radius 3 is 2.84 bits per heavy atom. The standard InChI is InChI=1S/C18H25N5O2/c1-21(2)17-19-10-14(22(17)3)11-20-18(25)23-9-8-13-6-4-5-7-15(13)16(23)12-24/h4-7,10,16,24H,8-9,11-12H2,1-3H3,(H,20,25). The number of imidazole rings is 1. The number of rotatable bonds is 4. The predicted molar refractivity (Wildman–Crippen MR) is 96.4 cm³/mol. The van der Waals surface area contributed by atoms with Gasteiger partial charge in [0.1, 0.15) is 0 Å². The molecule has 7 heteroatoms. The average Bonchev–Trinajstić information content (AvgIpc) is 2.99. The molecule has 1 aliphatic heterocycles. The molecule has 2 heterocycles. The number of carbonyl (C=O) groups excluding carboxylic acids is 1. The molecular weight excluding hydrogens is 318 g/mol. The third-order valence-electron chi connectivity index (χ3n) is 4.73. The molecule has 1 aromatic carbocycles. The number of aliphatic hydroxyl groups is 1. The summed E-state index contributed by atoms with van der Waals surface area (Å²) in [6, 6.07) is 7.52. The summed E-state index contributed by atoms with van der Waals surface area (Å²) in [6.45, 7) is 0.912. The van der Waals surface area contributed by atoms with Gasteiger partial charge in [-0.2, -0.15) is 0 Å². The van der Waals surface area contributed by atoms with Crippen LogP contribution in [0.2, 0.25) is 0 Å². The topological polar surface area (TPSA) is 73.6 Å². The first-order chi connectivity index (χ1) is 12.0. The number of nitrogens with one attached hydrogen (secondary N) is 1. The lowest BCUT2D eigenvalue weighted by molar-refractivity contribution is 0.126. The van der Waals surface area contributed by atoms with E-state index < -0.39 is 0 Å². The molecule has 0 spiro atoms. The van der Waals surface area contributed by atoms with Crippen molar-refractivity contribution in [3.63, 3.8) is 0 Å². The van der Waals surface area contributed by atoms with E-state index in [4.69, 9.17) is 0 Å². The van der Waals surface area contributed by atoms with Gasteiger partial charge >= 0.3 is 6.03 Å². The Morgan fingerprint density at radius 2 is 2.16 bits per heavy atom. The van der Waals surface area contributed by atoms with Gasteiger partial charge in [-0.3, -0.25) is 0 Å². The highest BCUT2D eigenvalue weighted by atomic mass is 16.3. The van der Waals surface area contributed by atoms with E-state index >= 15 is 0 Å². The van der Waals surface area contributed by atoms with Crippen molar-refractivity contribution in [1.29, 1.82) is 0 Å². The molecule has 2 amide bonds. The molecule has 2 N–H and O–H groups in total. The van der Waals surface area contributed by atoms with Crippen molar-refractivity contribution in [2.75, 3.05) is 32.1 Å². The summed E-state index contributed by atoms with van der Waals surface area (Å²) in [5.41, 5.74) is 3.16. The lowest BCUT2D eigenvalue weighted by Crippen LogP contribution is -2.46. The maximum absolute atomic E-state index is 12.7. The molecule has 0 fully saturated rings. The average molecular weight is 343 g/mol. The van der Waals surface area contributed by atoms with E-state index in [1.54, 1.807) is 11.1 Å². The number of hydrogen-bond acceptors (Lipinski definition) is 4. The van der Waals surface area contributed by atoms with Crippen molar-refractivity contribution in [2.45, 2.75) is 19.0 Å². The molecule has 0 aliphatic carbocycles. The minimum absolute atomic E-state index is 0.0824. The SMILES string of the molecule is CN(C)c1ncc(CNC(=O)N2CCc3ccccc3C2CO)n1C. The molecule has 1 unspecified atom stereocenters. The molecule has 0 saturated heterocycles. The Morgan fingerprint density at radius 1 is 1.40 bits per heavy atom. The number of aliphatic hydroxyl groups excluding tert-OH is 1. The second-order valence-corrected chi connectivity index (χ2v) is 6.50. The summed E-state index contributed by atoms with van der Waals surface area (Å²) in [6.07, 6.45) is 2.57. The molecule has 25 heavy (non-hydrogen) atoms. The van der Waals surface area contributed by atoms with Crippen molar-refractivity contribution in [2.24, 2.45) is 7.05 Å². The van der Waals surface area contributed by atoms with Gasteiger partial charge in [0.2, 0.25) is 5.95 Å². The molecule has 134 valence electrons. The number of benzene rings is 1. The van der Waals surface area contributed by atoms with Gasteiger partial charge < -0.3 is 24.8 Å². The van der Waals surface area contributed by atoms with Crippen LogP contribution >= 0.6 is 0 Å². The van der Waals surface area contributed by atoms with Crippen LogP contribution < -0.4 is 10.2 Å².